The van der Waals surface area contributed by atoms with Crippen LogP contribution < -0.4 is 0 Å². The number of para-hydroxylation sites is 1. The van der Waals surface area contributed by atoms with E-state index in [1.807, 2.05) is 12.1 Å². The predicted octanol–water partition coefficient (Wildman–Crippen LogP) is 3.41. The summed E-state index contributed by atoms with van der Waals surface area (Å²) in [6.45, 7) is 4.23. The largest absolute Gasteiger partial charge is 0.419 e. The highest BCUT2D eigenvalue weighted by molar-refractivity contribution is 5.85. The molecule has 126 valence electrons. The number of benzene rings is 1. The zero-order chi connectivity index (χ0) is 16.4. The van der Waals surface area contributed by atoms with Crippen LogP contribution in [-0.4, -0.2) is 34.3 Å². The molecule has 6 nitrogen and oxygen atoms in total. The number of ether oxygens (including phenoxy) is 2. The first-order chi connectivity index (χ1) is 11.8. The second-order valence-electron chi connectivity index (χ2n) is 5.95. The molecule has 0 spiro atoms. The van der Waals surface area contributed by atoms with Gasteiger partial charge in [0.05, 0.1) is 13.2 Å². The van der Waals surface area contributed by atoms with Gasteiger partial charge in [0.1, 0.15) is 5.69 Å². The first-order valence-corrected chi connectivity index (χ1v) is 8.49. The van der Waals surface area contributed by atoms with Crippen LogP contribution in [0.15, 0.2) is 34.7 Å². The van der Waals surface area contributed by atoms with Gasteiger partial charge in [0.15, 0.2) is 6.29 Å². The van der Waals surface area contributed by atoms with Gasteiger partial charge in [0, 0.05) is 30.3 Å². The number of rotatable bonds is 6. The first-order valence-electron chi connectivity index (χ1n) is 8.49. The first kappa shape index (κ1) is 15.4. The van der Waals surface area contributed by atoms with Gasteiger partial charge >= 0.3 is 0 Å². The maximum atomic E-state index is 5.85. The van der Waals surface area contributed by atoms with Crippen molar-refractivity contribution in [2.75, 3.05) is 13.2 Å². The zero-order valence-corrected chi connectivity index (χ0v) is 13.8. The molecule has 0 amide bonds. The Bertz CT molecular complexity index is 818. The summed E-state index contributed by atoms with van der Waals surface area (Å²) in [7, 11) is 0. The van der Waals surface area contributed by atoms with Crippen LogP contribution in [0.25, 0.3) is 22.5 Å². The van der Waals surface area contributed by atoms with Crippen molar-refractivity contribution < 1.29 is 13.9 Å². The molecule has 0 saturated carbocycles. The van der Waals surface area contributed by atoms with E-state index in [0.717, 1.165) is 42.4 Å². The maximum absolute atomic E-state index is 5.85. The molecule has 1 aliphatic heterocycles. The van der Waals surface area contributed by atoms with Crippen molar-refractivity contribution in [1.82, 2.24) is 14.8 Å². The van der Waals surface area contributed by atoms with Crippen LogP contribution in [0.2, 0.25) is 0 Å². The van der Waals surface area contributed by atoms with Gasteiger partial charge in [-0.2, -0.15) is 0 Å². The standard InChI is InChI=1S/C18H21N3O3/c1-2-5-16-19-20-18(24-16)15-12-13-6-3-4-7-14(13)21(15)9-8-17-22-10-11-23-17/h3-4,6-7,12,17H,2,5,8-11H2,1H3. The third-order valence-corrected chi connectivity index (χ3v) is 4.24. The smallest absolute Gasteiger partial charge is 0.264 e. The number of aromatic nitrogens is 3. The molecule has 4 rings (SSSR count). The number of hydrogen-bond donors (Lipinski definition) is 0. The molecule has 24 heavy (non-hydrogen) atoms. The van der Waals surface area contributed by atoms with E-state index in [0.29, 0.717) is 25.0 Å². The Morgan fingerprint density at radius 1 is 1.17 bits per heavy atom. The average molecular weight is 327 g/mol. The topological polar surface area (TPSA) is 62.3 Å². The van der Waals surface area contributed by atoms with Crippen LogP contribution in [0.4, 0.5) is 0 Å². The van der Waals surface area contributed by atoms with E-state index in [-0.39, 0.29) is 6.29 Å². The van der Waals surface area contributed by atoms with Crippen LogP contribution in [0.1, 0.15) is 25.7 Å². The van der Waals surface area contributed by atoms with Gasteiger partial charge in [0.2, 0.25) is 5.89 Å². The van der Waals surface area contributed by atoms with Crippen molar-refractivity contribution in [3.05, 3.63) is 36.2 Å². The molecule has 0 atom stereocenters. The Balaban J connectivity index is 1.68. The Hall–Kier alpha value is -2.18. The molecule has 0 bridgehead atoms. The summed E-state index contributed by atoms with van der Waals surface area (Å²) >= 11 is 0. The Kier molecular flexibility index (Phi) is 4.32. The molecule has 0 radical (unpaired) electrons. The fourth-order valence-electron chi connectivity index (χ4n) is 3.11. The number of hydrogen-bond acceptors (Lipinski definition) is 5. The molecule has 1 aromatic carbocycles. The van der Waals surface area contributed by atoms with Crippen molar-refractivity contribution >= 4 is 10.9 Å². The molecule has 1 fully saturated rings. The number of fused-ring (bicyclic) bond motifs is 1. The van der Waals surface area contributed by atoms with E-state index in [2.05, 4.69) is 39.9 Å². The summed E-state index contributed by atoms with van der Waals surface area (Å²) < 4.78 is 19.2. The summed E-state index contributed by atoms with van der Waals surface area (Å²) in [4.78, 5) is 0. The summed E-state index contributed by atoms with van der Waals surface area (Å²) in [6, 6.07) is 10.4. The lowest BCUT2D eigenvalue weighted by Gasteiger charge is -2.12. The lowest BCUT2D eigenvalue weighted by molar-refractivity contribution is -0.0488. The molecule has 3 heterocycles. The van der Waals surface area contributed by atoms with Gasteiger partial charge in [-0.25, -0.2) is 0 Å². The highest BCUT2D eigenvalue weighted by atomic mass is 16.7. The Labute approximate surface area is 140 Å². The highest BCUT2D eigenvalue weighted by Crippen LogP contribution is 2.28. The summed E-state index contributed by atoms with van der Waals surface area (Å²) in [5, 5.41) is 9.56. The van der Waals surface area contributed by atoms with Crippen molar-refractivity contribution in [3.63, 3.8) is 0 Å². The van der Waals surface area contributed by atoms with Crippen LogP contribution in [-0.2, 0) is 22.4 Å². The molecule has 1 saturated heterocycles. The lowest BCUT2D eigenvalue weighted by Crippen LogP contribution is -2.12. The van der Waals surface area contributed by atoms with Crippen LogP contribution in [0.5, 0.6) is 0 Å². The molecule has 1 aliphatic rings. The van der Waals surface area contributed by atoms with E-state index in [4.69, 9.17) is 13.9 Å². The van der Waals surface area contributed by atoms with E-state index in [1.54, 1.807) is 0 Å². The van der Waals surface area contributed by atoms with E-state index in [1.165, 1.54) is 0 Å². The second-order valence-corrected chi connectivity index (χ2v) is 5.95. The van der Waals surface area contributed by atoms with Gasteiger partial charge < -0.3 is 18.5 Å². The molecular weight excluding hydrogens is 306 g/mol. The predicted molar refractivity (Wildman–Crippen MR) is 89.5 cm³/mol. The van der Waals surface area contributed by atoms with Crippen LogP contribution in [0, 0.1) is 0 Å². The number of aryl methyl sites for hydroxylation is 2. The average Bonchev–Trinajstić information content (AvgIpc) is 3.33. The van der Waals surface area contributed by atoms with Crippen molar-refractivity contribution in [2.45, 2.75) is 39.0 Å². The minimum absolute atomic E-state index is 0.127. The maximum Gasteiger partial charge on any atom is 0.264 e. The summed E-state index contributed by atoms with van der Waals surface area (Å²) in [6.07, 6.45) is 2.46. The normalized spacial score (nSPS) is 15.5. The Morgan fingerprint density at radius 3 is 2.83 bits per heavy atom. The summed E-state index contributed by atoms with van der Waals surface area (Å²) in [5.74, 6) is 1.26. The van der Waals surface area contributed by atoms with Crippen LogP contribution >= 0.6 is 0 Å². The van der Waals surface area contributed by atoms with Crippen molar-refractivity contribution in [1.29, 1.82) is 0 Å². The molecule has 2 aromatic heterocycles. The summed E-state index contributed by atoms with van der Waals surface area (Å²) in [5.41, 5.74) is 2.10. The minimum atomic E-state index is -0.127. The van der Waals surface area contributed by atoms with E-state index in [9.17, 15) is 0 Å². The number of nitrogens with zero attached hydrogens (tertiary/aromatic N) is 3. The van der Waals surface area contributed by atoms with E-state index < -0.39 is 0 Å². The van der Waals surface area contributed by atoms with E-state index >= 15 is 0 Å². The third-order valence-electron chi connectivity index (χ3n) is 4.24. The SMILES string of the molecule is CCCc1nnc(-c2cc3ccccc3n2CCC2OCCO2)o1. The molecule has 6 heteroatoms. The quantitative estimate of drug-likeness (QED) is 0.694. The van der Waals surface area contributed by atoms with Crippen LogP contribution in [0.3, 0.4) is 0 Å². The molecule has 3 aromatic rings. The molecular formula is C18H21N3O3. The van der Waals surface area contributed by atoms with Gasteiger partial charge in [0.25, 0.3) is 5.89 Å². The minimum Gasteiger partial charge on any atom is -0.419 e. The van der Waals surface area contributed by atoms with Gasteiger partial charge in [-0.05, 0) is 18.6 Å². The fourth-order valence-corrected chi connectivity index (χ4v) is 3.11. The lowest BCUT2D eigenvalue weighted by atomic mass is 10.2. The van der Waals surface area contributed by atoms with Gasteiger partial charge in [-0.1, -0.05) is 25.1 Å². The Morgan fingerprint density at radius 2 is 2.00 bits per heavy atom. The van der Waals surface area contributed by atoms with Crippen molar-refractivity contribution in [3.8, 4) is 11.6 Å². The van der Waals surface area contributed by atoms with Gasteiger partial charge in [-0.15, -0.1) is 10.2 Å². The van der Waals surface area contributed by atoms with Crippen molar-refractivity contribution in [2.24, 2.45) is 0 Å². The molecule has 0 N–H and O–H groups in total. The fraction of sp³-hybridized carbons (Fsp3) is 0.444. The second kappa shape index (κ2) is 6.75. The molecule has 0 aliphatic carbocycles. The van der Waals surface area contributed by atoms with Gasteiger partial charge in [-0.3, -0.25) is 0 Å². The highest BCUT2D eigenvalue weighted by Gasteiger charge is 2.20. The molecule has 0 unspecified atom stereocenters. The monoisotopic (exact) mass is 327 g/mol. The third kappa shape index (κ3) is 2.95. The zero-order valence-electron chi connectivity index (χ0n) is 13.8.